The van der Waals surface area contributed by atoms with E-state index in [1.54, 1.807) is 0 Å². The molecule has 1 aromatic carbocycles. The van der Waals surface area contributed by atoms with Crippen LogP contribution in [-0.4, -0.2) is 11.3 Å². The summed E-state index contributed by atoms with van der Waals surface area (Å²) in [4.78, 5) is 3.23. The van der Waals surface area contributed by atoms with Crippen LogP contribution >= 0.6 is 45.8 Å². The Bertz CT molecular complexity index is 403. The average Bonchev–Trinajstić information content (AvgIpc) is 2.10. The molecule has 0 heterocycles. The van der Waals surface area contributed by atoms with Gasteiger partial charge in [0.25, 0.3) is 0 Å². The molecule has 0 amide bonds. The highest BCUT2D eigenvalue weighted by Crippen LogP contribution is 2.27. The van der Waals surface area contributed by atoms with Crippen molar-refractivity contribution in [1.82, 2.24) is 0 Å². The van der Waals surface area contributed by atoms with Gasteiger partial charge in [-0.1, -0.05) is 23.2 Å². The highest BCUT2D eigenvalue weighted by molar-refractivity contribution is 14.1. The van der Waals surface area contributed by atoms with Crippen LogP contribution in [0.4, 0.5) is 18.9 Å². The number of halogens is 6. The molecule has 0 saturated heterocycles. The van der Waals surface area contributed by atoms with Gasteiger partial charge in [-0.05, 0) is 40.8 Å². The topological polar surface area (TPSA) is 12.4 Å². The van der Waals surface area contributed by atoms with E-state index in [2.05, 4.69) is 4.99 Å². The lowest BCUT2D eigenvalue weighted by Crippen LogP contribution is -2.16. The van der Waals surface area contributed by atoms with Gasteiger partial charge < -0.3 is 0 Å². The second-order valence-corrected chi connectivity index (χ2v) is 4.43. The van der Waals surface area contributed by atoms with Gasteiger partial charge >= 0.3 is 6.18 Å². The van der Waals surface area contributed by atoms with Crippen LogP contribution in [0.3, 0.4) is 0 Å². The van der Waals surface area contributed by atoms with Crippen LogP contribution in [0.2, 0.25) is 5.02 Å². The Balaban J connectivity index is 3.04. The van der Waals surface area contributed by atoms with Crippen molar-refractivity contribution in [2.24, 2.45) is 4.99 Å². The van der Waals surface area contributed by atoms with E-state index in [4.69, 9.17) is 23.2 Å². The number of aliphatic imine (C=N–C) groups is 1. The van der Waals surface area contributed by atoms with Gasteiger partial charge in [0.05, 0.1) is 10.7 Å². The highest BCUT2D eigenvalue weighted by atomic mass is 127. The number of hydrogen-bond donors (Lipinski definition) is 0. The molecule has 7 heteroatoms. The fraction of sp³-hybridized carbons (Fsp3) is 0.125. The van der Waals surface area contributed by atoms with Crippen molar-refractivity contribution >= 4 is 56.7 Å². The van der Waals surface area contributed by atoms with Crippen LogP contribution in [0, 0.1) is 3.57 Å². The van der Waals surface area contributed by atoms with Crippen molar-refractivity contribution in [3.8, 4) is 0 Å². The van der Waals surface area contributed by atoms with Crippen LogP contribution in [0.5, 0.6) is 0 Å². The fourth-order valence-corrected chi connectivity index (χ4v) is 1.45. The number of hydrogen-bond acceptors (Lipinski definition) is 1. The van der Waals surface area contributed by atoms with Crippen molar-refractivity contribution in [2.75, 3.05) is 0 Å². The van der Waals surface area contributed by atoms with E-state index in [0.717, 1.165) is 0 Å². The smallest absolute Gasteiger partial charge is 0.232 e. The summed E-state index contributed by atoms with van der Waals surface area (Å²) in [5.74, 6) is 0. The summed E-state index contributed by atoms with van der Waals surface area (Å²) in [5, 5.41) is -0.946. The molecule has 0 bridgehead atoms. The number of rotatable bonds is 1. The largest absolute Gasteiger partial charge is 0.444 e. The van der Waals surface area contributed by atoms with Gasteiger partial charge in [-0.15, -0.1) is 0 Å². The second-order valence-electron chi connectivity index (χ2n) is 2.50. The lowest BCUT2D eigenvalue weighted by atomic mass is 10.3. The molecule has 1 rings (SSSR count). The third-order valence-corrected chi connectivity index (χ3v) is 3.20. The molecule has 0 unspecified atom stereocenters. The van der Waals surface area contributed by atoms with E-state index in [9.17, 15) is 13.2 Å². The summed E-state index contributed by atoms with van der Waals surface area (Å²) < 4.78 is 36.7. The Morgan fingerprint density at radius 2 is 1.93 bits per heavy atom. The van der Waals surface area contributed by atoms with E-state index in [-0.39, 0.29) is 5.69 Å². The maximum absolute atomic E-state index is 12.0. The Kier molecular flexibility index (Phi) is 4.25. The predicted octanol–water partition coefficient (Wildman–Crippen LogP) is 4.78. The zero-order valence-corrected chi connectivity index (χ0v) is 10.6. The van der Waals surface area contributed by atoms with Crippen molar-refractivity contribution < 1.29 is 13.2 Å². The van der Waals surface area contributed by atoms with E-state index in [1.165, 1.54) is 18.2 Å². The molecule has 0 aliphatic heterocycles. The molecular formula is C8H3Cl2F3IN. The summed E-state index contributed by atoms with van der Waals surface area (Å²) >= 11 is 12.6. The molecule has 0 aliphatic carbocycles. The molecular weight excluding hydrogens is 365 g/mol. The molecule has 0 aliphatic rings. The standard InChI is InChI=1S/C8H3Cl2F3IN/c9-5-2-1-4(3-6(5)14)15-7(10)8(11,12)13/h1-3H. The lowest BCUT2D eigenvalue weighted by molar-refractivity contribution is -0.0558. The quantitative estimate of drug-likeness (QED) is 0.500. The summed E-state index contributed by atoms with van der Waals surface area (Å²) in [5.41, 5.74) is 0.117. The first-order valence-electron chi connectivity index (χ1n) is 3.57. The zero-order valence-electron chi connectivity index (χ0n) is 6.95. The van der Waals surface area contributed by atoms with E-state index in [0.29, 0.717) is 8.59 Å². The maximum atomic E-state index is 12.0. The molecule has 0 N–H and O–H groups in total. The first-order valence-corrected chi connectivity index (χ1v) is 5.40. The first kappa shape index (κ1) is 13.1. The van der Waals surface area contributed by atoms with Crippen LogP contribution in [-0.2, 0) is 0 Å². The Morgan fingerprint density at radius 1 is 1.33 bits per heavy atom. The molecule has 1 aromatic rings. The van der Waals surface area contributed by atoms with E-state index in [1.807, 2.05) is 22.6 Å². The van der Waals surface area contributed by atoms with Crippen molar-refractivity contribution in [3.63, 3.8) is 0 Å². The average molecular weight is 368 g/mol. The fourth-order valence-electron chi connectivity index (χ4n) is 0.731. The molecule has 0 fully saturated rings. The molecule has 82 valence electrons. The molecule has 0 radical (unpaired) electrons. The van der Waals surface area contributed by atoms with Gasteiger partial charge in [-0.2, -0.15) is 13.2 Å². The number of alkyl halides is 3. The van der Waals surface area contributed by atoms with Crippen LogP contribution in [0.25, 0.3) is 0 Å². The Morgan fingerprint density at radius 3 is 2.40 bits per heavy atom. The molecule has 15 heavy (non-hydrogen) atoms. The molecule has 0 aromatic heterocycles. The summed E-state index contributed by atoms with van der Waals surface area (Å²) in [6.07, 6.45) is -4.62. The van der Waals surface area contributed by atoms with Crippen LogP contribution < -0.4 is 0 Å². The van der Waals surface area contributed by atoms with E-state index >= 15 is 0 Å². The van der Waals surface area contributed by atoms with Gasteiger partial charge in [-0.3, -0.25) is 0 Å². The van der Waals surface area contributed by atoms with Gasteiger partial charge in [0.2, 0.25) is 5.17 Å². The van der Waals surface area contributed by atoms with Gasteiger partial charge in [0.15, 0.2) is 0 Å². The third kappa shape index (κ3) is 3.81. The monoisotopic (exact) mass is 367 g/mol. The Labute approximate surface area is 107 Å². The van der Waals surface area contributed by atoms with Crippen molar-refractivity contribution in [2.45, 2.75) is 6.18 Å². The van der Waals surface area contributed by atoms with Gasteiger partial charge in [0.1, 0.15) is 0 Å². The zero-order chi connectivity index (χ0) is 11.6. The van der Waals surface area contributed by atoms with Crippen LogP contribution in [0.1, 0.15) is 0 Å². The van der Waals surface area contributed by atoms with Gasteiger partial charge in [-0.25, -0.2) is 4.99 Å². The second kappa shape index (κ2) is 4.88. The van der Waals surface area contributed by atoms with Crippen molar-refractivity contribution in [1.29, 1.82) is 0 Å². The number of nitrogens with zero attached hydrogens (tertiary/aromatic N) is 1. The SMILES string of the molecule is FC(F)(F)C(Cl)=Nc1ccc(Cl)c(I)c1. The normalized spacial score (nSPS) is 13.1. The minimum absolute atomic E-state index is 0.117. The van der Waals surface area contributed by atoms with Crippen LogP contribution in [0.15, 0.2) is 23.2 Å². The summed E-state index contributed by atoms with van der Waals surface area (Å²) in [6, 6.07) is 4.23. The van der Waals surface area contributed by atoms with Crippen molar-refractivity contribution in [3.05, 3.63) is 26.8 Å². The summed E-state index contributed by atoms with van der Waals surface area (Å²) in [6.45, 7) is 0. The Hall–Kier alpha value is -0.0100. The molecule has 0 spiro atoms. The minimum Gasteiger partial charge on any atom is -0.232 e. The predicted molar refractivity (Wildman–Crippen MR) is 63.2 cm³/mol. The number of benzene rings is 1. The van der Waals surface area contributed by atoms with Gasteiger partial charge in [0, 0.05) is 3.57 Å². The maximum Gasteiger partial charge on any atom is 0.444 e. The molecule has 0 saturated carbocycles. The minimum atomic E-state index is -4.62. The molecule has 1 nitrogen and oxygen atoms in total. The highest BCUT2D eigenvalue weighted by Gasteiger charge is 2.34. The lowest BCUT2D eigenvalue weighted by Gasteiger charge is -2.03. The first-order chi connectivity index (χ1) is 6.80. The van der Waals surface area contributed by atoms with E-state index < -0.39 is 11.3 Å². The third-order valence-electron chi connectivity index (χ3n) is 1.36. The molecule has 0 atom stereocenters. The summed E-state index contributed by atoms with van der Waals surface area (Å²) in [7, 11) is 0.